The van der Waals surface area contributed by atoms with E-state index in [1.54, 1.807) is 47.4 Å². The summed E-state index contributed by atoms with van der Waals surface area (Å²) in [4.78, 5) is 17.4. The first kappa shape index (κ1) is 24.2. The molecule has 1 aliphatic heterocycles. The Bertz CT molecular complexity index is 1530. The summed E-state index contributed by atoms with van der Waals surface area (Å²) < 4.78 is 55.3. The second-order valence-electron chi connectivity index (χ2n) is 8.49. The Kier molecular flexibility index (Phi) is 6.40. The summed E-state index contributed by atoms with van der Waals surface area (Å²) in [5.74, 6) is -0.885. The maximum Gasteiger partial charge on any atom is 0.264 e. The molecule has 0 spiro atoms. The molecule has 0 unspecified atom stereocenters. The van der Waals surface area contributed by atoms with E-state index in [2.05, 4.69) is 0 Å². The zero-order chi connectivity index (χ0) is 25.4. The monoisotopic (exact) mass is 527 g/mol. The van der Waals surface area contributed by atoms with E-state index in [1.165, 1.54) is 36.6 Å². The molecule has 1 aliphatic rings. The van der Waals surface area contributed by atoms with E-state index in [1.807, 2.05) is 4.90 Å². The van der Waals surface area contributed by atoms with Crippen LogP contribution < -0.4 is 9.21 Å². The van der Waals surface area contributed by atoms with Crippen LogP contribution in [0.4, 0.5) is 20.2 Å². The van der Waals surface area contributed by atoms with Crippen LogP contribution in [0.1, 0.15) is 9.67 Å². The van der Waals surface area contributed by atoms with E-state index in [0.29, 0.717) is 42.4 Å². The van der Waals surface area contributed by atoms with Gasteiger partial charge in [0.1, 0.15) is 11.6 Å². The maximum absolute atomic E-state index is 14.1. The van der Waals surface area contributed by atoms with Gasteiger partial charge in [-0.3, -0.25) is 9.10 Å². The van der Waals surface area contributed by atoms with Crippen LogP contribution in [0, 0.1) is 11.6 Å². The number of fused-ring (bicyclic) bond motifs is 1. The number of nitrogens with zero attached hydrogens (tertiary/aromatic N) is 3. The number of carbonyl (C=O) groups is 1. The van der Waals surface area contributed by atoms with Crippen molar-refractivity contribution in [2.45, 2.75) is 4.90 Å². The van der Waals surface area contributed by atoms with Gasteiger partial charge in [-0.1, -0.05) is 12.1 Å². The lowest BCUT2D eigenvalue weighted by Crippen LogP contribution is -2.48. The molecule has 0 bridgehead atoms. The highest BCUT2D eigenvalue weighted by molar-refractivity contribution is 7.92. The Morgan fingerprint density at radius 2 is 1.61 bits per heavy atom. The van der Waals surface area contributed by atoms with Gasteiger partial charge < -0.3 is 9.80 Å². The topological polar surface area (TPSA) is 60.9 Å². The van der Waals surface area contributed by atoms with Crippen molar-refractivity contribution in [1.82, 2.24) is 4.90 Å². The average Bonchev–Trinajstić information content (AvgIpc) is 3.32. The molecule has 0 aliphatic carbocycles. The predicted molar refractivity (Wildman–Crippen MR) is 138 cm³/mol. The van der Waals surface area contributed by atoms with Gasteiger partial charge in [-0.05, 0) is 66.0 Å². The fourth-order valence-corrected chi connectivity index (χ4v) is 6.45. The molecule has 0 saturated carbocycles. The van der Waals surface area contributed by atoms with Gasteiger partial charge in [0, 0.05) is 37.9 Å². The first-order valence-electron chi connectivity index (χ1n) is 11.3. The first-order valence-corrected chi connectivity index (χ1v) is 13.6. The van der Waals surface area contributed by atoms with Crippen molar-refractivity contribution < 1.29 is 22.0 Å². The highest BCUT2D eigenvalue weighted by Crippen LogP contribution is 2.32. The molecule has 10 heteroatoms. The number of piperazine rings is 1. The molecule has 1 aromatic heterocycles. The normalized spacial score (nSPS) is 14.3. The highest BCUT2D eigenvalue weighted by Gasteiger charge is 2.26. The summed E-state index contributed by atoms with van der Waals surface area (Å²) in [6, 6.07) is 18.3. The molecule has 0 atom stereocenters. The van der Waals surface area contributed by atoms with E-state index in [-0.39, 0.29) is 16.6 Å². The number of para-hydroxylation sites is 1. The van der Waals surface area contributed by atoms with Gasteiger partial charge in [0.05, 0.1) is 21.1 Å². The SMILES string of the molecule is CN(c1ccc2sc(C(=O)N3CCN(c4ccccc4F)CC3)cc2c1)S(=O)(=O)c1ccc(F)cc1. The predicted octanol–water partition coefficient (Wildman–Crippen LogP) is 4.97. The van der Waals surface area contributed by atoms with Crippen molar-refractivity contribution in [2.24, 2.45) is 0 Å². The van der Waals surface area contributed by atoms with Crippen LogP contribution in [0.5, 0.6) is 0 Å². The van der Waals surface area contributed by atoms with Crippen molar-refractivity contribution >= 4 is 48.7 Å². The lowest BCUT2D eigenvalue weighted by Gasteiger charge is -2.36. The van der Waals surface area contributed by atoms with Gasteiger partial charge in [0.15, 0.2) is 0 Å². The molecule has 4 aromatic rings. The van der Waals surface area contributed by atoms with Crippen LogP contribution in [0.15, 0.2) is 77.7 Å². The lowest BCUT2D eigenvalue weighted by molar-refractivity contribution is 0.0751. The maximum atomic E-state index is 14.1. The largest absolute Gasteiger partial charge is 0.366 e. The molecule has 1 amide bonds. The number of halogens is 2. The third-order valence-electron chi connectivity index (χ3n) is 6.31. The molecule has 36 heavy (non-hydrogen) atoms. The minimum absolute atomic E-state index is 0.0118. The van der Waals surface area contributed by atoms with E-state index in [0.717, 1.165) is 26.5 Å². The number of sulfonamides is 1. The van der Waals surface area contributed by atoms with Gasteiger partial charge in [-0.15, -0.1) is 11.3 Å². The summed E-state index contributed by atoms with van der Waals surface area (Å²) in [7, 11) is -2.43. The van der Waals surface area contributed by atoms with E-state index in [4.69, 9.17) is 0 Å². The van der Waals surface area contributed by atoms with Crippen molar-refractivity contribution in [3.63, 3.8) is 0 Å². The van der Waals surface area contributed by atoms with Crippen molar-refractivity contribution in [3.8, 4) is 0 Å². The third-order valence-corrected chi connectivity index (χ3v) is 9.21. The van der Waals surface area contributed by atoms with Crippen molar-refractivity contribution in [2.75, 3.05) is 42.4 Å². The number of hydrogen-bond acceptors (Lipinski definition) is 5. The van der Waals surface area contributed by atoms with Crippen LogP contribution in [0.3, 0.4) is 0 Å². The van der Waals surface area contributed by atoms with Gasteiger partial charge >= 0.3 is 0 Å². The zero-order valence-corrected chi connectivity index (χ0v) is 21.0. The van der Waals surface area contributed by atoms with Gasteiger partial charge in [0.2, 0.25) is 0 Å². The van der Waals surface area contributed by atoms with Crippen LogP contribution in [0.25, 0.3) is 10.1 Å². The Labute approximate surface area is 212 Å². The molecule has 0 radical (unpaired) electrons. The molecule has 1 saturated heterocycles. The minimum atomic E-state index is -3.87. The van der Waals surface area contributed by atoms with Crippen molar-refractivity contribution in [3.05, 3.63) is 89.3 Å². The Morgan fingerprint density at radius 3 is 2.31 bits per heavy atom. The van der Waals surface area contributed by atoms with Gasteiger partial charge in [-0.2, -0.15) is 0 Å². The Morgan fingerprint density at radius 1 is 0.917 bits per heavy atom. The average molecular weight is 528 g/mol. The number of rotatable bonds is 5. The smallest absolute Gasteiger partial charge is 0.264 e. The lowest BCUT2D eigenvalue weighted by atomic mass is 10.2. The third kappa shape index (κ3) is 4.54. The van der Waals surface area contributed by atoms with Crippen LogP contribution in [-0.4, -0.2) is 52.5 Å². The minimum Gasteiger partial charge on any atom is -0.366 e. The number of benzene rings is 3. The van der Waals surface area contributed by atoms with Gasteiger partial charge in [0.25, 0.3) is 15.9 Å². The summed E-state index contributed by atoms with van der Waals surface area (Å²) in [6.07, 6.45) is 0. The molecule has 1 fully saturated rings. The number of carbonyl (C=O) groups excluding carboxylic acids is 1. The highest BCUT2D eigenvalue weighted by atomic mass is 32.2. The van der Waals surface area contributed by atoms with E-state index >= 15 is 0 Å². The molecule has 3 aromatic carbocycles. The van der Waals surface area contributed by atoms with E-state index in [9.17, 15) is 22.0 Å². The van der Waals surface area contributed by atoms with Crippen molar-refractivity contribution in [1.29, 1.82) is 0 Å². The summed E-state index contributed by atoms with van der Waals surface area (Å²) in [6.45, 7) is 2.03. The molecule has 186 valence electrons. The van der Waals surface area contributed by atoms with Gasteiger partial charge in [-0.25, -0.2) is 17.2 Å². The second-order valence-corrected chi connectivity index (χ2v) is 11.5. The summed E-state index contributed by atoms with van der Waals surface area (Å²) in [5.41, 5.74) is 0.973. The van der Waals surface area contributed by atoms with Crippen LogP contribution in [-0.2, 0) is 10.0 Å². The van der Waals surface area contributed by atoms with Crippen LogP contribution in [0.2, 0.25) is 0 Å². The molecular formula is C26H23F2N3O3S2. The molecule has 5 rings (SSSR count). The number of hydrogen-bond donors (Lipinski definition) is 0. The second kappa shape index (κ2) is 9.51. The zero-order valence-electron chi connectivity index (χ0n) is 19.4. The molecule has 2 heterocycles. The summed E-state index contributed by atoms with van der Waals surface area (Å²) in [5, 5.41) is 0.756. The Balaban J connectivity index is 1.32. The molecule has 0 N–H and O–H groups in total. The molecular weight excluding hydrogens is 504 g/mol. The number of anilines is 2. The number of amides is 1. The van der Waals surface area contributed by atoms with Crippen LogP contribution >= 0.6 is 11.3 Å². The fourth-order valence-electron chi connectivity index (χ4n) is 4.25. The standard InChI is InChI=1S/C26H23F2N3O3S2/c1-29(36(33,34)21-9-6-19(27)7-10-21)20-8-11-24-18(16-20)17-25(35-24)26(32)31-14-12-30(13-15-31)23-5-3-2-4-22(23)28/h2-11,16-17H,12-15H2,1H3. The Hall–Kier alpha value is -3.50. The molecule has 6 nitrogen and oxygen atoms in total. The van der Waals surface area contributed by atoms with E-state index < -0.39 is 15.8 Å². The quantitative estimate of drug-likeness (QED) is 0.368. The summed E-state index contributed by atoms with van der Waals surface area (Å²) >= 11 is 1.35. The first-order chi connectivity index (χ1) is 17.2. The fraction of sp³-hybridized carbons (Fsp3) is 0.192. The number of thiophene rings is 1.